The molecule has 2 amide bonds. The zero-order valence-corrected chi connectivity index (χ0v) is 23.5. The van der Waals surface area contributed by atoms with Crippen molar-refractivity contribution in [2.24, 2.45) is 5.41 Å². The number of benzene rings is 2. The van der Waals surface area contributed by atoms with Gasteiger partial charge in [-0.25, -0.2) is 0 Å². The topological polar surface area (TPSA) is 70.2 Å². The first-order valence-corrected chi connectivity index (χ1v) is 13.5. The van der Waals surface area contributed by atoms with E-state index in [2.05, 4.69) is 49.7 Å². The van der Waals surface area contributed by atoms with Gasteiger partial charge in [-0.3, -0.25) is 9.59 Å². The van der Waals surface area contributed by atoms with Crippen LogP contribution in [0.25, 0.3) is 0 Å². The molecule has 0 aromatic heterocycles. The van der Waals surface area contributed by atoms with Crippen molar-refractivity contribution in [1.29, 1.82) is 0 Å². The standard InChI is InChI=1S/C17H16Cl2N2O.C7H13NO.C5H12/c18-12-3-1-2-11(6-12)15-8-20-9-16(15)14-5-4-13(19)7-17(14)21-10-22;9-6-8-7-4-2-1-3-5-7;1-5(2,3)4/h1-7,10,15-16,20H,8-9H2,(H,21,22);6-7H,1-5H2,(H,8,9);1-4H3. The van der Waals surface area contributed by atoms with Gasteiger partial charge in [-0.05, 0) is 53.6 Å². The molecule has 3 N–H and O–H groups in total. The van der Waals surface area contributed by atoms with Crippen LogP contribution in [-0.4, -0.2) is 32.0 Å². The molecule has 2 unspecified atom stereocenters. The molecule has 1 heterocycles. The quantitative estimate of drug-likeness (QED) is 0.345. The lowest BCUT2D eigenvalue weighted by atomic mass is 9.83. The lowest BCUT2D eigenvalue weighted by molar-refractivity contribution is -0.110. The lowest BCUT2D eigenvalue weighted by Gasteiger charge is -2.22. The van der Waals surface area contributed by atoms with Crippen molar-refractivity contribution in [3.63, 3.8) is 0 Å². The van der Waals surface area contributed by atoms with Gasteiger partial charge in [-0.2, -0.15) is 0 Å². The van der Waals surface area contributed by atoms with Crippen LogP contribution in [0.2, 0.25) is 10.0 Å². The second kappa shape index (κ2) is 15.2. The molecule has 0 bridgehead atoms. The minimum absolute atomic E-state index is 0.262. The monoisotopic (exact) mass is 533 g/mol. The summed E-state index contributed by atoms with van der Waals surface area (Å²) >= 11 is 12.2. The number of hydrogen-bond acceptors (Lipinski definition) is 3. The third kappa shape index (κ3) is 10.9. The molecular formula is C29H41Cl2N3O2. The predicted octanol–water partition coefficient (Wildman–Crippen LogP) is 7.15. The fraction of sp³-hybridized carbons (Fsp3) is 0.517. The Morgan fingerprint density at radius 3 is 2.11 bits per heavy atom. The average molecular weight is 535 g/mol. The average Bonchev–Trinajstić information content (AvgIpc) is 3.30. The minimum Gasteiger partial charge on any atom is -0.356 e. The highest BCUT2D eigenvalue weighted by molar-refractivity contribution is 6.31. The molecule has 0 radical (unpaired) electrons. The maximum absolute atomic E-state index is 10.9. The lowest BCUT2D eigenvalue weighted by Crippen LogP contribution is -2.29. The van der Waals surface area contributed by atoms with Crippen LogP contribution in [0, 0.1) is 5.41 Å². The highest BCUT2D eigenvalue weighted by atomic mass is 35.5. The van der Waals surface area contributed by atoms with Gasteiger partial charge in [-0.15, -0.1) is 0 Å². The Morgan fingerprint density at radius 1 is 0.861 bits per heavy atom. The zero-order valence-electron chi connectivity index (χ0n) is 22.0. The van der Waals surface area contributed by atoms with E-state index in [-0.39, 0.29) is 5.92 Å². The number of carbonyl (C=O) groups is 2. The summed E-state index contributed by atoms with van der Waals surface area (Å²) in [6.07, 6.45) is 7.77. The third-order valence-electron chi connectivity index (χ3n) is 6.03. The van der Waals surface area contributed by atoms with Crippen LogP contribution >= 0.6 is 23.2 Å². The Morgan fingerprint density at radius 2 is 1.50 bits per heavy atom. The van der Waals surface area contributed by atoms with Crippen LogP contribution in [0.3, 0.4) is 0 Å². The highest BCUT2D eigenvalue weighted by Gasteiger charge is 2.31. The molecule has 2 aromatic rings. The largest absolute Gasteiger partial charge is 0.356 e. The van der Waals surface area contributed by atoms with Crippen molar-refractivity contribution in [3.8, 4) is 0 Å². The van der Waals surface area contributed by atoms with E-state index < -0.39 is 0 Å². The summed E-state index contributed by atoms with van der Waals surface area (Å²) < 4.78 is 0. The van der Waals surface area contributed by atoms with Gasteiger partial charge in [0.15, 0.2) is 0 Å². The number of rotatable bonds is 6. The van der Waals surface area contributed by atoms with E-state index in [1.165, 1.54) is 37.7 Å². The fourth-order valence-electron chi connectivity index (χ4n) is 4.50. The predicted molar refractivity (Wildman–Crippen MR) is 152 cm³/mol. The Labute approximate surface area is 226 Å². The van der Waals surface area contributed by atoms with Crippen molar-refractivity contribution < 1.29 is 9.59 Å². The van der Waals surface area contributed by atoms with Crippen molar-refractivity contribution >= 4 is 41.7 Å². The van der Waals surface area contributed by atoms with Crippen molar-refractivity contribution in [2.45, 2.75) is 77.7 Å². The van der Waals surface area contributed by atoms with E-state index in [9.17, 15) is 9.59 Å². The van der Waals surface area contributed by atoms with Gasteiger partial charge in [0, 0.05) is 46.7 Å². The smallest absolute Gasteiger partial charge is 0.211 e. The molecule has 5 nitrogen and oxygen atoms in total. The summed E-state index contributed by atoms with van der Waals surface area (Å²) in [5.74, 6) is 0.574. The summed E-state index contributed by atoms with van der Waals surface area (Å²) in [7, 11) is 0. The van der Waals surface area contributed by atoms with E-state index in [1.54, 1.807) is 6.07 Å². The highest BCUT2D eigenvalue weighted by Crippen LogP contribution is 2.40. The van der Waals surface area contributed by atoms with Gasteiger partial charge >= 0.3 is 0 Å². The molecule has 1 saturated heterocycles. The SMILES string of the molecule is CC(C)(C)C.O=CNC1CCCCC1.O=CNc1cc(Cl)ccc1C1CNCC1c1cccc(Cl)c1. The van der Waals surface area contributed by atoms with Crippen LogP contribution in [0.5, 0.6) is 0 Å². The van der Waals surface area contributed by atoms with Crippen LogP contribution < -0.4 is 16.0 Å². The molecule has 0 spiro atoms. The molecule has 198 valence electrons. The summed E-state index contributed by atoms with van der Waals surface area (Å²) in [4.78, 5) is 20.8. The molecule has 4 rings (SSSR count). The van der Waals surface area contributed by atoms with Gasteiger partial charge in [-0.1, -0.05) is 88.4 Å². The van der Waals surface area contributed by atoms with Crippen LogP contribution in [0.1, 0.15) is 82.8 Å². The number of halogens is 2. The van der Waals surface area contributed by atoms with Crippen LogP contribution in [0.4, 0.5) is 5.69 Å². The zero-order chi connectivity index (χ0) is 26.6. The molecule has 7 heteroatoms. The molecule has 36 heavy (non-hydrogen) atoms. The van der Waals surface area contributed by atoms with E-state index >= 15 is 0 Å². The Balaban J connectivity index is 0.000000268. The molecule has 2 aliphatic rings. The summed E-state index contributed by atoms with van der Waals surface area (Å²) in [6.45, 7) is 10.5. The number of carbonyl (C=O) groups excluding carboxylic acids is 2. The minimum atomic E-state index is 0.262. The van der Waals surface area contributed by atoms with E-state index in [0.29, 0.717) is 28.8 Å². The summed E-state index contributed by atoms with van der Waals surface area (Å²) in [5.41, 5.74) is 3.56. The normalized spacial score (nSPS) is 19.7. The van der Waals surface area contributed by atoms with Crippen molar-refractivity contribution in [3.05, 3.63) is 63.6 Å². The van der Waals surface area contributed by atoms with E-state index in [1.807, 2.05) is 30.3 Å². The molecule has 2 aromatic carbocycles. The molecule has 1 aliphatic carbocycles. The van der Waals surface area contributed by atoms with Crippen molar-refractivity contribution in [2.75, 3.05) is 18.4 Å². The molecule has 2 atom stereocenters. The number of nitrogens with one attached hydrogen (secondary N) is 3. The second-order valence-corrected chi connectivity index (χ2v) is 11.9. The number of anilines is 1. The molecule has 1 aliphatic heterocycles. The van der Waals surface area contributed by atoms with Gasteiger partial charge in [0.2, 0.25) is 12.8 Å². The Hall–Kier alpha value is -2.08. The van der Waals surface area contributed by atoms with Gasteiger partial charge in [0.1, 0.15) is 0 Å². The van der Waals surface area contributed by atoms with E-state index in [0.717, 1.165) is 35.8 Å². The summed E-state index contributed by atoms with van der Waals surface area (Å²) in [6, 6.07) is 14.1. The number of hydrogen-bond donors (Lipinski definition) is 3. The fourth-order valence-corrected chi connectivity index (χ4v) is 4.87. The first-order chi connectivity index (χ1) is 17.1. The molecule has 1 saturated carbocycles. The van der Waals surface area contributed by atoms with Crippen molar-refractivity contribution in [1.82, 2.24) is 10.6 Å². The summed E-state index contributed by atoms with van der Waals surface area (Å²) in [5, 5.41) is 10.3. The molecule has 2 fully saturated rings. The molecular weight excluding hydrogens is 493 g/mol. The van der Waals surface area contributed by atoms with Gasteiger partial charge < -0.3 is 16.0 Å². The Bertz CT molecular complexity index is 950. The third-order valence-corrected chi connectivity index (χ3v) is 6.50. The van der Waals surface area contributed by atoms with Crippen LogP contribution in [-0.2, 0) is 9.59 Å². The first-order valence-electron chi connectivity index (χ1n) is 12.8. The Kier molecular flexibility index (Phi) is 12.8. The second-order valence-electron chi connectivity index (χ2n) is 11.0. The maximum Gasteiger partial charge on any atom is 0.211 e. The maximum atomic E-state index is 10.9. The first kappa shape index (κ1) is 30.1. The van der Waals surface area contributed by atoms with Gasteiger partial charge in [0.05, 0.1) is 0 Å². The van der Waals surface area contributed by atoms with Crippen LogP contribution in [0.15, 0.2) is 42.5 Å². The number of amides is 2. The van der Waals surface area contributed by atoms with E-state index in [4.69, 9.17) is 23.2 Å². The van der Waals surface area contributed by atoms with Gasteiger partial charge in [0.25, 0.3) is 0 Å².